The Kier molecular flexibility index (Phi) is 4.71. The van der Waals surface area contributed by atoms with E-state index in [2.05, 4.69) is 40.6 Å². The number of hydrogen-bond donors (Lipinski definition) is 0. The average Bonchev–Trinajstić information content (AvgIpc) is 2.66. The van der Waals surface area contributed by atoms with Crippen molar-refractivity contribution in [1.82, 2.24) is 9.55 Å². The molecule has 0 aliphatic heterocycles. The number of nitrogens with zero attached hydrogens (tertiary/aromatic N) is 2. The first kappa shape index (κ1) is 15.0. The van der Waals surface area contributed by atoms with Crippen LogP contribution < -0.4 is 0 Å². The lowest BCUT2D eigenvalue weighted by Gasteiger charge is -2.16. The summed E-state index contributed by atoms with van der Waals surface area (Å²) in [5.74, 6) is 0. The lowest BCUT2D eigenvalue weighted by Crippen LogP contribution is -2.21. The molecule has 2 aromatic rings. The van der Waals surface area contributed by atoms with Gasteiger partial charge in [-0.05, 0) is 34.1 Å². The zero-order chi connectivity index (χ0) is 14.0. The van der Waals surface area contributed by atoms with Crippen molar-refractivity contribution in [3.63, 3.8) is 0 Å². The number of hydrogen-bond acceptors (Lipinski definition) is 2. The molecule has 0 fully saturated rings. The molecule has 0 spiro atoms. The highest BCUT2D eigenvalue weighted by Crippen LogP contribution is 2.26. The van der Waals surface area contributed by atoms with Gasteiger partial charge in [0.2, 0.25) is 0 Å². The Morgan fingerprint density at radius 1 is 1.42 bits per heavy atom. The van der Waals surface area contributed by atoms with E-state index in [9.17, 15) is 0 Å². The molecule has 0 N–H and O–H groups in total. The van der Waals surface area contributed by atoms with E-state index in [0.717, 1.165) is 22.1 Å². The number of ether oxygens (including phenoxy) is 1. The summed E-state index contributed by atoms with van der Waals surface area (Å²) in [6.45, 7) is 8.42. The largest absolute Gasteiger partial charge is 0.361 e. The van der Waals surface area contributed by atoms with Crippen LogP contribution in [0.25, 0.3) is 11.0 Å². The van der Waals surface area contributed by atoms with Gasteiger partial charge in [-0.25, -0.2) is 4.98 Å². The van der Waals surface area contributed by atoms with Gasteiger partial charge in [0.15, 0.2) is 0 Å². The van der Waals surface area contributed by atoms with Crippen LogP contribution in [0.1, 0.15) is 0 Å². The van der Waals surface area contributed by atoms with Gasteiger partial charge >= 0.3 is 0 Å². The van der Waals surface area contributed by atoms with Gasteiger partial charge in [0.05, 0.1) is 11.0 Å². The Morgan fingerprint density at radius 3 is 2.84 bits per heavy atom. The quantitative estimate of drug-likeness (QED) is 0.436. The van der Waals surface area contributed by atoms with Crippen LogP contribution in [0.3, 0.4) is 0 Å². The summed E-state index contributed by atoms with van der Waals surface area (Å²) in [6.07, 6.45) is 1.98. The predicted octanol–water partition coefficient (Wildman–Crippen LogP) is 4.76. The molecule has 19 heavy (non-hydrogen) atoms. The highest BCUT2D eigenvalue weighted by molar-refractivity contribution is 9.10. The summed E-state index contributed by atoms with van der Waals surface area (Å²) >= 11 is 9.46. The van der Waals surface area contributed by atoms with Crippen molar-refractivity contribution in [2.75, 3.05) is 6.61 Å². The van der Waals surface area contributed by atoms with E-state index in [1.807, 2.05) is 22.9 Å². The molecule has 0 amide bonds. The summed E-state index contributed by atoms with van der Waals surface area (Å²) < 4.78 is 8.76. The van der Waals surface area contributed by atoms with E-state index in [-0.39, 0.29) is 0 Å². The standard InChI is InChI=1S/C13H18BrClN2OSi/c1-19(2,3)7-6-18-9-17-5-4-11-13(17)10(14)8-12(15)16-11/h4-5,8H,6-7,9H2,1-3H3. The smallest absolute Gasteiger partial charge is 0.131 e. The van der Waals surface area contributed by atoms with Crippen LogP contribution >= 0.6 is 27.5 Å². The Balaban J connectivity index is 2.06. The second-order valence-electron chi connectivity index (χ2n) is 5.79. The Hall–Kier alpha value is -0.363. The molecule has 6 heteroatoms. The maximum absolute atomic E-state index is 5.93. The molecule has 0 aromatic carbocycles. The van der Waals surface area contributed by atoms with E-state index < -0.39 is 8.07 Å². The Labute approximate surface area is 128 Å². The van der Waals surface area contributed by atoms with Crippen LogP contribution in [-0.4, -0.2) is 24.2 Å². The molecule has 0 unspecified atom stereocenters. The van der Waals surface area contributed by atoms with Crippen molar-refractivity contribution >= 4 is 46.6 Å². The summed E-state index contributed by atoms with van der Waals surface area (Å²) in [4.78, 5) is 4.29. The zero-order valence-electron chi connectivity index (χ0n) is 11.4. The lowest BCUT2D eigenvalue weighted by atomic mass is 10.4. The molecular weight excluding hydrogens is 344 g/mol. The maximum atomic E-state index is 5.93. The van der Waals surface area contributed by atoms with Crippen LogP contribution in [0.2, 0.25) is 30.8 Å². The molecule has 0 saturated heterocycles. The molecular formula is C13H18BrClN2OSi. The van der Waals surface area contributed by atoms with Gasteiger partial charge in [0, 0.05) is 25.4 Å². The molecule has 0 bridgehead atoms. The van der Waals surface area contributed by atoms with E-state index in [0.29, 0.717) is 11.9 Å². The minimum Gasteiger partial charge on any atom is -0.361 e. The van der Waals surface area contributed by atoms with Crippen molar-refractivity contribution in [1.29, 1.82) is 0 Å². The number of fused-ring (bicyclic) bond motifs is 1. The molecule has 0 aliphatic rings. The SMILES string of the molecule is C[Si](C)(C)CCOCn1ccc2nc(Cl)cc(Br)c21. The fraction of sp³-hybridized carbons (Fsp3) is 0.462. The third-order valence-electron chi connectivity index (χ3n) is 2.87. The molecule has 104 valence electrons. The third kappa shape index (κ3) is 4.05. The summed E-state index contributed by atoms with van der Waals surface area (Å²) in [5, 5.41) is 0.497. The topological polar surface area (TPSA) is 27.1 Å². The first-order valence-electron chi connectivity index (χ1n) is 6.25. The van der Waals surface area contributed by atoms with E-state index in [4.69, 9.17) is 16.3 Å². The summed E-state index contributed by atoms with van der Waals surface area (Å²) in [7, 11) is -1.02. The molecule has 2 aromatic heterocycles. The first-order valence-corrected chi connectivity index (χ1v) is 11.1. The van der Waals surface area contributed by atoms with Crippen molar-refractivity contribution in [2.24, 2.45) is 0 Å². The Bertz CT molecular complexity index is 580. The van der Waals surface area contributed by atoms with Crippen LogP contribution in [0, 0.1) is 0 Å². The fourth-order valence-corrected chi connectivity index (χ4v) is 3.52. The average molecular weight is 362 g/mol. The maximum Gasteiger partial charge on any atom is 0.131 e. The van der Waals surface area contributed by atoms with Crippen molar-refractivity contribution in [3.8, 4) is 0 Å². The number of rotatable bonds is 5. The van der Waals surface area contributed by atoms with Gasteiger partial charge in [-0.2, -0.15) is 0 Å². The normalized spacial score (nSPS) is 12.3. The van der Waals surface area contributed by atoms with Crippen LogP contribution in [-0.2, 0) is 11.5 Å². The van der Waals surface area contributed by atoms with Crippen molar-refractivity contribution in [3.05, 3.63) is 28.0 Å². The highest BCUT2D eigenvalue weighted by Gasteiger charge is 2.12. The van der Waals surface area contributed by atoms with Gasteiger partial charge in [0.1, 0.15) is 11.9 Å². The van der Waals surface area contributed by atoms with Gasteiger partial charge < -0.3 is 9.30 Å². The molecule has 0 atom stereocenters. The molecule has 0 saturated carbocycles. The minimum atomic E-state index is -1.02. The second-order valence-corrected chi connectivity index (χ2v) is 12.7. The number of aromatic nitrogens is 2. The van der Waals surface area contributed by atoms with Gasteiger partial charge in [0.25, 0.3) is 0 Å². The minimum absolute atomic E-state index is 0.497. The predicted molar refractivity (Wildman–Crippen MR) is 86.5 cm³/mol. The molecule has 2 heterocycles. The number of halogens is 2. The van der Waals surface area contributed by atoms with E-state index in [1.165, 1.54) is 6.04 Å². The first-order chi connectivity index (χ1) is 8.87. The molecule has 0 aliphatic carbocycles. The summed E-state index contributed by atoms with van der Waals surface area (Å²) in [6, 6.07) is 4.94. The van der Waals surface area contributed by atoms with Gasteiger partial charge in [-0.1, -0.05) is 31.2 Å². The van der Waals surface area contributed by atoms with Crippen LogP contribution in [0.4, 0.5) is 0 Å². The monoisotopic (exact) mass is 360 g/mol. The molecule has 3 nitrogen and oxygen atoms in total. The van der Waals surface area contributed by atoms with Gasteiger partial charge in [-0.15, -0.1) is 0 Å². The zero-order valence-corrected chi connectivity index (χ0v) is 14.8. The van der Waals surface area contributed by atoms with Gasteiger partial charge in [-0.3, -0.25) is 0 Å². The summed E-state index contributed by atoms with van der Waals surface area (Å²) in [5.41, 5.74) is 1.91. The van der Waals surface area contributed by atoms with Crippen LogP contribution in [0.15, 0.2) is 22.8 Å². The molecule has 2 rings (SSSR count). The van der Waals surface area contributed by atoms with Crippen LogP contribution in [0.5, 0.6) is 0 Å². The van der Waals surface area contributed by atoms with Crippen molar-refractivity contribution in [2.45, 2.75) is 32.4 Å². The highest BCUT2D eigenvalue weighted by atomic mass is 79.9. The second kappa shape index (κ2) is 5.95. The lowest BCUT2D eigenvalue weighted by molar-refractivity contribution is 0.0902. The third-order valence-corrected chi connectivity index (χ3v) is 5.37. The number of pyridine rings is 1. The van der Waals surface area contributed by atoms with E-state index >= 15 is 0 Å². The molecule has 0 radical (unpaired) electrons. The van der Waals surface area contributed by atoms with E-state index in [1.54, 1.807) is 0 Å². The van der Waals surface area contributed by atoms with Crippen molar-refractivity contribution < 1.29 is 4.74 Å². The Morgan fingerprint density at radius 2 is 2.16 bits per heavy atom. The fourth-order valence-electron chi connectivity index (χ4n) is 1.78.